The maximum atomic E-state index is 13.1. The molecule has 1 fully saturated rings. The molecule has 198 valence electrons. The molecule has 2 aromatic carbocycles. The smallest absolute Gasteiger partial charge is 0.227 e. The van der Waals surface area contributed by atoms with Gasteiger partial charge in [0.15, 0.2) is 11.5 Å². The first-order chi connectivity index (χ1) is 19.1. The molecule has 0 saturated carbocycles. The Morgan fingerprint density at radius 2 is 1.77 bits per heavy atom. The summed E-state index contributed by atoms with van der Waals surface area (Å²) in [5.41, 5.74) is 4.89. The van der Waals surface area contributed by atoms with Crippen LogP contribution in [0.15, 0.2) is 60.9 Å². The Kier molecular flexibility index (Phi) is 6.74. The quantitative estimate of drug-likeness (QED) is 0.279. The first-order valence-electron chi connectivity index (χ1n) is 12.9. The van der Waals surface area contributed by atoms with Crippen LogP contribution in [0.1, 0.15) is 18.5 Å². The zero-order chi connectivity index (χ0) is 26.9. The van der Waals surface area contributed by atoms with Gasteiger partial charge in [-0.1, -0.05) is 30.3 Å². The molecule has 0 aliphatic carbocycles. The van der Waals surface area contributed by atoms with Crippen LogP contribution in [-0.4, -0.2) is 48.2 Å². The molecular formula is C30H29N5O3S. The number of nitrogens with zero attached hydrogens (tertiary/aromatic N) is 4. The van der Waals surface area contributed by atoms with Gasteiger partial charge in [-0.05, 0) is 49.1 Å². The van der Waals surface area contributed by atoms with Gasteiger partial charge in [0, 0.05) is 41.8 Å². The first-order valence-corrected chi connectivity index (χ1v) is 13.8. The summed E-state index contributed by atoms with van der Waals surface area (Å²) in [4.78, 5) is 30.6. The van der Waals surface area contributed by atoms with Crippen molar-refractivity contribution in [2.75, 3.05) is 37.5 Å². The molecule has 1 aliphatic heterocycles. The molecule has 0 bridgehead atoms. The number of ether oxygens (including phenoxy) is 2. The number of piperidine rings is 1. The topological polar surface area (TPSA) is 89.5 Å². The second-order valence-electron chi connectivity index (χ2n) is 9.65. The van der Waals surface area contributed by atoms with Crippen molar-refractivity contribution in [3.05, 3.63) is 66.6 Å². The monoisotopic (exact) mass is 539 g/mol. The highest BCUT2D eigenvalue weighted by Gasteiger charge is 2.28. The lowest BCUT2D eigenvalue weighted by atomic mass is 9.95. The normalized spacial score (nSPS) is 14.1. The van der Waals surface area contributed by atoms with E-state index in [4.69, 9.17) is 24.4 Å². The Hall–Kier alpha value is -4.24. The molecule has 6 rings (SSSR count). The predicted octanol–water partition coefficient (Wildman–Crippen LogP) is 6.09. The van der Waals surface area contributed by atoms with Gasteiger partial charge in [-0.15, -0.1) is 11.3 Å². The van der Waals surface area contributed by atoms with E-state index >= 15 is 0 Å². The number of rotatable bonds is 6. The molecule has 0 unspecified atom stereocenters. The molecule has 1 aliphatic rings. The van der Waals surface area contributed by atoms with Crippen LogP contribution in [-0.2, 0) is 4.79 Å². The molecular weight excluding hydrogens is 510 g/mol. The number of hydrogen-bond acceptors (Lipinski definition) is 8. The zero-order valence-corrected chi connectivity index (χ0v) is 22.9. The number of amides is 1. The number of anilines is 2. The third-order valence-corrected chi connectivity index (χ3v) is 8.30. The van der Waals surface area contributed by atoms with Gasteiger partial charge in [0.25, 0.3) is 0 Å². The van der Waals surface area contributed by atoms with Gasteiger partial charge in [-0.3, -0.25) is 4.79 Å². The number of aryl methyl sites for hydroxylation is 1. The largest absolute Gasteiger partial charge is 0.493 e. The number of aromatic nitrogens is 3. The third-order valence-electron chi connectivity index (χ3n) is 7.24. The van der Waals surface area contributed by atoms with Gasteiger partial charge in [0.1, 0.15) is 17.0 Å². The second kappa shape index (κ2) is 10.5. The van der Waals surface area contributed by atoms with E-state index in [9.17, 15) is 4.79 Å². The van der Waals surface area contributed by atoms with Crippen molar-refractivity contribution in [2.24, 2.45) is 5.92 Å². The number of carbonyl (C=O) groups is 1. The fourth-order valence-corrected chi connectivity index (χ4v) is 6.48. The summed E-state index contributed by atoms with van der Waals surface area (Å²) in [7, 11) is 3.17. The third kappa shape index (κ3) is 4.74. The fraction of sp³-hybridized carbons (Fsp3) is 0.267. The summed E-state index contributed by atoms with van der Waals surface area (Å²) >= 11 is 1.64. The minimum atomic E-state index is -0.0805. The summed E-state index contributed by atoms with van der Waals surface area (Å²) in [6.07, 6.45) is 3.12. The van der Waals surface area contributed by atoms with E-state index in [-0.39, 0.29) is 11.8 Å². The molecule has 5 aromatic rings. The van der Waals surface area contributed by atoms with Crippen molar-refractivity contribution >= 4 is 49.2 Å². The Morgan fingerprint density at radius 1 is 1.00 bits per heavy atom. The van der Waals surface area contributed by atoms with Crippen LogP contribution in [0.2, 0.25) is 0 Å². The molecule has 0 spiro atoms. The molecule has 4 heterocycles. The highest BCUT2D eigenvalue weighted by molar-refractivity contribution is 7.26. The van der Waals surface area contributed by atoms with Crippen LogP contribution in [0.5, 0.6) is 11.5 Å². The van der Waals surface area contributed by atoms with E-state index in [0.717, 1.165) is 69.0 Å². The maximum absolute atomic E-state index is 13.1. The highest BCUT2D eigenvalue weighted by atomic mass is 32.1. The zero-order valence-electron chi connectivity index (χ0n) is 22.1. The van der Waals surface area contributed by atoms with Crippen molar-refractivity contribution in [3.8, 4) is 22.6 Å². The number of carbonyl (C=O) groups excluding carboxylic acids is 1. The summed E-state index contributed by atoms with van der Waals surface area (Å²) in [5, 5.41) is 4.11. The molecule has 9 heteroatoms. The van der Waals surface area contributed by atoms with Crippen molar-refractivity contribution in [3.63, 3.8) is 0 Å². The SMILES string of the molecule is COc1ccc(NC(=O)C2CCN(c3ncnc4c3sc3nc(C)cc(-c5ccccc5)c34)CC2)cc1OC. The molecule has 3 aromatic heterocycles. The minimum absolute atomic E-state index is 0.0174. The molecule has 8 nitrogen and oxygen atoms in total. The Morgan fingerprint density at radius 3 is 2.51 bits per heavy atom. The number of fused-ring (bicyclic) bond motifs is 3. The summed E-state index contributed by atoms with van der Waals surface area (Å²) in [6, 6.07) is 17.9. The second-order valence-corrected chi connectivity index (χ2v) is 10.7. The average molecular weight is 540 g/mol. The Bertz CT molecular complexity index is 1660. The molecule has 1 amide bonds. The van der Waals surface area contributed by atoms with E-state index in [1.54, 1.807) is 44.0 Å². The molecule has 0 radical (unpaired) electrons. The molecule has 39 heavy (non-hydrogen) atoms. The molecule has 1 N–H and O–H groups in total. The Balaban J connectivity index is 1.24. The maximum Gasteiger partial charge on any atom is 0.227 e. The lowest BCUT2D eigenvalue weighted by Crippen LogP contribution is -2.38. The number of hydrogen-bond donors (Lipinski definition) is 1. The van der Waals surface area contributed by atoms with Crippen LogP contribution in [0, 0.1) is 12.8 Å². The van der Waals surface area contributed by atoms with Gasteiger partial charge in [0.05, 0.1) is 24.4 Å². The van der Waals surface area contributed by atoms with Crippen molar-refractivity contribution in [1.82, 2.24) is 15.0 Å². The standard InChI is InChI=1S/C30H29N5O3S/c1-18-15-22(19-7-5-4-6-8-19)25-26-27(39-30(25)33-18)28(32-17-31-26)35-13-11-20(12-14-35)29(36)34-21-9-10-23(37-2)24(16-21)38-3/h4-10,15-17,20H,11-14H2,1-3H3,(H,34,36). The summed E-state index contributed by atoms with van der Waals surface area (Å²) in [5.74, 6) is 2.06. The number of pyridine rings is 1. The summed E-state index contributed by atoms with van der Waals surface area (Å²) < 4.78 is 11.7. The molecule has 1 saturated heterocycles. The van der Waals surface area contributed by atoms with Crippen LogP contribution >= 0.6 is 11.3 Å². The minimum Gasteiger partial charge on any atom is -0.493 e. The summed E-state index contributed by atoms with van der Waals surface area (Å²) in [6.45, 7) is 3.51. The Labute approximate surface area is 230 Å². The van der Waals surface area contributed by atoms with Crippen molar-refractivity contribution in [1.29, 1.82) is 0 Å². The predicted molar refractivity (Wildman–Crippen MR) is 156 cm³/mol. The number of benzene rings is 2. The van der Waals surface area contributed by atoms with E-state index < -0.39 is 0 Å². The average Bonchev–Trinajstić information content (AvgIpc) is 3.35. The number of nitrogens with one attached hydrogen (secondary N) is 1. The van der Waals surface area contributed by atoms with Gasteiger partial charge in [0.2, 0.25) is 5.91 Å². The van der Waals surface area contributed by atoms with E-state index in [1.165, 1.54) is 0 Å². The van der Waals surface area contributed by atoms with Crippen LogP contribution < -0.4 is 19.7 Å². The number of thiophene rings is 1. The van der Waals surface area contributed by atoms with Gasteiger partial charge < -0.3 is 19.7 Å². The lowest BCUT2D eigenvalue weighted by Gasteiger charge is -2.32. The number of methoxy groups -OCH3 is 2. The van der Waals surface area contributed by atoms with E-state index in [2.05, 4.69) is 40.5 Å². The first kappa shape index (κ1) is 25.1. The van der Waals surface area contributed by atoms with Crippen LogP contribution in [0.25, 0.3) is 31.6 Å². The van der Waals surface area contributed by atoms with Crippen LogP contribution in [0.4, 0.5) is 11.5 Å². The fourth-order valence-electron chi connectivity index (χ4n) is 5.26. The lowest BCUT2D eigenvalue weighted by molar-refractivity contribution is -0.120. The van der Waals surface area contributed by atoms with Gasteiger partial charge in [-0.2, -0.15) is 0 Å². The van der Waals surface area contributed by atoms with E-state index in [1.807, 2.05) is 19.1 Å². The van der Waals surface area contributed by atoms with Crippen molar-refractivity contribution < 1.29 is 14.3 Å². The van der Waals surface area contributed by atoms with Gasteiger partial charge >= 0.3 is 0 Å². The molecule has 0 atom stereocenters. The van der Waals surface area contributed by atoms with Crippen molar-refractivity contribution in [2.45, 2.75) is 19.8 Å². The highest BCUT2D eigenvalue weighted by Crippen LogP contribution is 2.42. The van der Waals surface area contributed by atoms with E-state index in [0.29, 0.717) is 17.2 Å². The van der Waals surface area contributed by atoms with Gasteiger partial charge in [-0.25, -0.2) is 15.0 Å². The van der Waals surface area contributed by atoms with Crippen LogP contribution in [0.3, 0.4) is 0 Å².